The summed E-state index contributed by atoms with van der Waals surface area (Å²) >= 11 is 0. The average Bonchev–Trinajstić information content (AvgIpc) is 2.36. The molecule has 2 aromatic rings. The van der Waals surface area contributed by atoms with Gasteiger partial charge in [0.25, 0.3) is 0 Å². The predicted octanol–water partition coefficient (Wildman–Crippen LogP) is 4.12. The van der Waals surface area contributed by atoms with E-state index in [0.717, 1.165) is 11.1 Å². The second-order valence-corrected chi connectivity index (χ2v) is 10.2. The molecule has 0 aliphatic heterocycles. The van der Waals surface area contributed by atoms with Crippen LogP contribution in [0.1, 0.15) is 5.56 Å². The van der Waals surface area contributed by atoms with Gasteiger partial charge in [0.05, 0.1) is 0 Å². The number of benzene rings is 1. The lowest BCUT2D eigenvalue weighted by Crippen LogP contribution is -2.16. The molecule has 0 bridgehead atoms. The van der Waals surface area contributed by atoms with Crippen LogP contribution < -0.4 is 0 Å². The van der Waals surface area contributed by atoms with Crippen LogP contribution in [-0.4, -0.2) is 13.1 Å². The third-order valence-corrected chi connectivity index (χ3v) is 3.39. The van der Waals surface area contributed by atoms with Crippen molar-refractivity contribution < 1.29 is 4.39 Å². The van der Waals surface area contributed by atoms with Crippen molar-refractivity contribution in [1.29, 1.82) is 0 Å². The fourth-order valence-corrected chi connectivity index (χ4v) is 2.14. The first-order valence-electron chi connectivity index (χ1n) is 6.20. The Kier molecular flexibility index (Phi) is 3.82. The first kappa shape index (κ1) is 13.5. The molecule has 2 rings (SSSR count). The van der Waals surface area contributed by atoms with Crippen LogP contribution in [0.3, 0.4) is 0 Å². The molecule has 0 aliphatic rings. The van der Waals surface area contributed by atoms with Gasteiger partial charge >= 0.3 is 0 Å². The van der Waals surface area contributed by atoms with Crippen molar-refractivity contribution in [1.82, 2.24) is 4.98 Å². The van der Waals surface area contributed by atoms with Gasteiger partial charge < -0.3 is 0 Å². The highest BCUT2D eigenvalue weighted by Crippen LogP contribution is 2.21. The highest BCUT2D eigenvalue weighted by molar-refractivity contribution is 6.83. The number of hydrogen-bond donors (Lipinski definition) is 0. The predicted molar refractivity (Wildman–Crippen MR) is 79.9 cm³/mol. The molecule has 96 valence electrons. The second-order valence-electron chi connectivity index (χ2n) is 5.42. The number of hydrogen-bond acceptors (Lipinski definition) is 1. The monoisotopic (exact) mass is 269 g/mol. The summed E-state index contributed by atoms with van der Waals surface area (Å²) < 4.78 is 13.6. The summed E-state index contributed by atoms with van der Waals surface area (Å²) in [5, 5.41) is 0. The van der Waals surface area contributed by atoms with Gasteiger partial charge in [-0.15, -0.1) is 5.54 Å². The molecule has 1 heterocycles. The van der Waals surface area contributed by atoms with Crippen LogP contribution in [0.4, 0.5) is 4.39 Å². The second kappa shape index (κ2) is 5.37. The maximum absolute atomic E-state index is 13.6. The summed E-state index contributed by atoms with van der Waals surface area (Å²) in [6.07, 6.45) is 1.45. The van der Waals surface area contributed by atoms with Gasteiger partial charge in [-0.25, -0.2) is 4.98 Å². The topological polar surface area (TPSA) is 12.9 Å². The van der Waals surface area contributed by atoms with E-state index in [1.807, 2.05) is 24.3 Å². The third kappa shape index (κ3) is 3.77. The Balaban J connectivity index is 2.40. The van der Waals surface area contributed by atoms with Gasteiger partial charge in [0.15, 0.2) is 0 Å². The van der Waals surface area contributed by atoms with E-state index in [2.05, 4.69) is 36.1 Å². The zero-order valence-electron chi connectivity index (χ0n) is 11.4. The molecule has 0 N–H and O–H groups in total. The fourth-order valence-electron chi connectivity index (χ4n) is 1.63. The number of nitrogens with zero attached hydrogens (tertiary/aromatic N) is 1. The van der Waals surface area contributed by atoms with E-state index >= 15 is 0 Å². The molecule has 0 fully saturated rings. The van der Waals surface area contributed by atoms with Crippen LogP contribution in [0.25, 0.3) is 11.1 Å². The largest absolute Gasteiger partial charge is 0.228 e. The van der Waals surface area contributed by atoms with E-state index in [-0.39, 0.29) is 0 Å². The van der Waals surface area contributed by atoms with Crippen LogP contribution >= 0.6 is 0 Å². The molecule has 0 spiro atoms. The van der Waals surface area contributed by atoms with Gasteiger partial charge in [0.2, 0.25) is 5.95 Å². The molecule has 1 aromatic carbocycles. The van der Waals surface area contributed by atoms with Crippen LogP contribution in [-0.2, 0) is 0 Å². The summed E-state index contributed by atoms with van der Waals surface area (Å²) in [5.74, 6) is 2.74. The maximum atomic E-state index is 13.6. The lowest BCUT2D eigenvalue weighted by atomic mass is 10.0. The molecule has 19 heavy (non-hydrogen) atoms. The SMILES string of the molecule is C[Si](C)(C)C#Cc1cccc(-c2cccnc2F)c1. The Labute approximate surface area is 114 Å². The zero-order chi connectivity index (χ0) is 13.9. The third-order valence-electron chi connectivity index (χ3n) is 2.51. The van der Waals surface area contributed by atoms with Crippen molar-refractivity contribution in [2.75, 3.05) is 0 Å². The first-order valence-corrected chi connectivity index (χ1v) is 9.70. The minimum absolute atomic E-state index is 0.446. The zero-order valence-corrected chi connectivity index (χ0v) is 12.4. The van der Waals surface area contributed by atoms with Gasteiger partial charge in [-0.1, -0.05) is 37.7 Å². The normalized spacial score (nSPS) is 10.7. The quantitative estimate of drug-likeness (QED) is 0.431. The number of aromatic nitrogens is 1. The van der Waals surface area contributed by atoms with Crippen LogP contribution in [0, 0.1) is 17.4 Å². The van der Waals surface area contributed by atoms with Crippen molar-refractivity contribution >= 4 is 8.07 Å². The number of rotatable bonds is 1. The lowest BCUT2D eigenvalue weighted by molar-refractivity contribution is 0.587. The van der Waals surface area contributed by atoms with E-state index in [4.69, 9.17) is 0 Å². The molecule has 0 radical (unpaired) electrons. The molecular formula is C16H16FNSi. The van der Waals surface area contributed by atoms with Gasteiger partial charge in [-0.3, -0.25) is 0 Å². The van der Waals surface area contributed by atoms with E-state index in [1.165, 1.54) is 6.20 Å². The molecule has 0 amide bonds. The summed E-state index contributed by atoms with van der Waals surface area (Å²) in [5.41, 5.74) is 5.56. The smallest absolute Gasteiger partial charge is 0.220 e. The van der Waals surface area contributed by atoms with Crippen molar-refractivity contribution in [3.05, 3.63) is 54.1 Å². The number of pyridine rings is 1. The molecule has 0 atom stereocenters. The Morgan fingerprint density at radius 3 is 2.58 bits per heavy atom. The summed E-state index contributed by atoms with van der Waals surface area (Å²) in [4.78, 5) is 3.67. The minimum atomic E-state index is -1.40. The average molecular weight is 269 g/mol. The number of halogens is 1. The highest BCUT2D eigenvalue weighted by atomic mass is 28.3. The lowest BCUT2D eigenvalue weighted by Gasteiger charge is -2.05. The summed E-state index contributed by atoms with van der Waals surface area (Å²) in [6, 6.07) is 11.1. The Bertz CT molecular complexity index is 648. The highest BCUT2D eigenvalue weighted by Gasteiger charge is 2.08. The van der Waals surface area contributed by atoms with Crippen molar-refractivity contribution in [3.63, 3.8) is 0 Å². The van der Waals surface area contributed by atoms with Crippen LogP contribution in [0.2, 0.25) is 19.6 Å². The maximum Gasteiger partial charge on any atom is 0.220 e. The Hall–Kier alpha value is -1.92. The van der Waals surface area contributed by atoms with Gasteiger partial charge in [-0.05, 0) is 29.8 Å². The van der Waals surface area contributed by atoms with E-state index < -0.39 is 14.0 Å². The molecule has 0 unspecified atom stereocenters. The fraction of sp³-hybridized carbons (Fsp3) is 0.188. The van der Waals surface area contributed by atoms with E-state index in [1.54, 1.807) is 12.1 Å². The molecular weight excluding hydrogens is 253 g/mol. The summed E-state index contributed by atoms with van der Waals surface area (Å²) in [6.45, 7) is 6.60. The van der Waals surface area contributed by atoms with Gasteiger partial charge in [0, 0.05) is 17.3 Å². The van der Waals surface area contributed by atoms with Crippen molar-refractivity contribution in [2.45, 2.75) is 19.6 Å². The first-order chi connectivity index (χ1) is 8.96. The van der Waals surface area contributed by atoms with E-state index in [0.29, 0.717) is 5.56 Å². The molecule has 3 heteroatoms. The molecule has 0 saturated heterocycles. The Morgan fingerprint density at radius 1 is 1.11 bits per heavy atom. The minimum Gasteiger partial charge on any atom is -0.228 e. The van der Waals surface area contributed by atoms with Gasteiger partial charge in [0.1, 0.15) is 8.07 Å². The Morgan fingerprint density at radius 2 is 1.89 bits per heavy atom. The van der Waals surface area contributed by atoms with Crippen molar-refractivity contribution in [3.8, 4) is 22.6 Å². The van der Waals surface area contributed by atoms with Crippen LogP contribution in [0.5, 0.6) is 0 Å². The van der Waals surface area contributed by atoms with E-state index in [9.17, 15) is 4.39 Å². The van der Waals surface area contributed by atoms with Gasteiger partial charge in [-0.2, -0.15) is 4.39 Å². The summed E-state index contributed by atoms with van der Waals surface area (Å²) in [7, 11) is -1.40. The standard InChI is InChI=1S/C16H16FNSi/c1-19(2,3)11-9-13-6-4-7-14(12-13)15-8-5-10-18-16(15)17/h4-8,10,12H,1-3H3. The molecule has 1 nitrogen and oxygen atoms in total. The molecule has 1 aromatic heterocycles. The molecule has 0 aliphatic carbocycles. The van der Waals surface area contributed by atoms with Crippen LogP contribution in [0.15, 0.2) is 42.6 Å². The molecule has 0 saturated carbocycles. The van der Waals surface area contributed by atoms with Crippen molar-refractivity contribution in [2.24, 2.45) is 0 Å².